The van der Waals surface area contributed by atoms with Crippen LogP contribution in [0, 0.1) is 0 Å². The van der Waals surface area contributed by atoms with Crippen molar-refractivity contribution in [1.82, 2.24) is 20.0 Å². The predicted octanol–water partition coefficient (Wildman–Crippen LogP) is 1.16. The Hall–Kier alpha value is -2.05. The lowest BCUT2D eigenvalue weighted by atomic mass is 10.1. The number of carboxylic acids is 1. The van der Waals surface area contributed by atoms with E-state index in [2.05, 4.69) is 17.3 Å². The molecule has 0 aliphatic rings. The number of rotatable bonds is 7. The maximum Gasteiger partial charge on any atom is 0.317 e. The number of aromatic nitrogens is 2. The number of amides is 2. The van der Waals surface area contributed by atoms with Gasteiger partial charge in [0.1, 0.15) is 0 Å². The Morgan fingerprint density at radius 3 is 2.52 bits per heavy atom. The first-order valence-electron chi connectivity index (χ1n) is 7.15. The molecule has 2 amide bonds. The molecule has 0 aliphatic heterocycles. The Bertz CT molecular complexity index is 511. The molecule has 0 unspecified atom stereocenters. The van der Waals surface area contributed by atoms with Gasteiger partial charge in [-0.3, -0.25) is 9.48 Å². The highest BCUT2D eigenvalue weighted by molar-refractivity contribution is 5.75. The van der Waals surface area contributed by atoms with Crippen molar-refractivity contribution in [3.63, 3.8) is 0 Å². The molecule has 0 aromatic carbocycles. The third-order valence-corrected chi connectivity index (χ3v) is 3.45. The van der Waals surface area contributed by atoms with Crippen molar-refractivity contribution in [2.24, 2.45) is 7.05 Å². The van der Waals surface area contributed by atoms with E-state index in [1.54, 1.807) is 7.05 Å². The first-order valence-corrected chi connectivity index (χ1v) is 7.15. The highest BCUT2D eigenvalue weighted by Gasteiger charge is 2.16. The van der Waals surface area contributed by atoms with Gasteiger partial charge in [-0.05, 0) is 12.8 Å². The normalized spacial score (nSPS) is 10.5. The third kappa shape index (κ3) is 4.47. The van der Waals surface area contributed by atoms with E-state index >= 15 is 0 Å². The molecule has 1 aromatic rings. The number of urea groups is 1. The van der Waals surface area contributed by atoms with Crippen LogP contribution >= 0.6 is 0 Å². The Morgan fingerprint density at radius 2 is 2.00 bits per heavy atom. The van der Waals surface area contributed by atoms with Gasteiger partial charge in [0.15, 0.2) is 0 Å². The summed E-state index contributed by atoms with van der Waals surface area (Å²) in [5.41, 5.74) is 3.16. The Balaban J connectivity index is 2.66. The number of nitrogens with one attached hydrogen (secondary N) is 1. The lowest BCUT2D eigenvalue weighted by molar-refractivity contribution is -0.137. The van der Waals surface area contributed by atoms with Gasteiger partial charge in [0.05, 0.1) is 12.1 Å². The zero-order valence-corrected chi connectivity index (χ0v) is 13.1. The van der Waals surface area contributed by atoms with Crippen LogP contribution in [0.4, 0.5) is 4.79 Å². The number of aliphatic carboxylic acids is 1. The van der Waals surface area contributed by atoms with Gasteiger partial charge in [0.2, 0.25) is 0 Å². The number of carbonyl (C=O) groups excluding carboxylic acids is 1. The summed E-state index contributed by atoms with van der Waals surface area (Å²) in [7, 11) is 3.49. The zero-order chi connectivity index (χ0) is 16.0. The summed E-state index contributed by atoms with van der Waals surface area (Å²) in [5.74, 6) is -0.913. The Labute approximate surface area is 124 Å². The summed E-state index contributed by atoms with van der Waals surface area (Å²) in [6, 6.07) is -0.274. The monoisotopic (exact) mass is 296 g/mol. The minimum absolute atomic E-state index is 0.0583. The summed E-state index contributed by atoms with van der Waals surface area (Å²) in [6.45, 7) is 4.69. The number of carbonyl (C=O) groups is 2. The Kier molecular flexibility index (Phi) is 6.20. The molecule has 0 saturated heterocycles. The second-order valence-electron chi connectivity index (χ2n) is 4.93. The van der Waals surface area contributed by atoms with Gasteiger partial charge in [0.25, 0.3) is 0 Å². The van der Waals surface area contributed by atoms with Crippen molar-refractivity contribution < 1.29 is 14.7 Å². The Morgan fingerprint density at radius 1 is 1.33 bits per heavy atom. The van der Waals surface area contributed by atoms with Crippen LogP contribution in [-0.4, -0.2) is 45.4 Å². The third-order valence-electron chi connectivity index (χ3n) is 3.45. The maximum atomic E-state index is 11.9. The zero-order valence-electron chi connectivity index (χ0n) is 13.1. The molecule has 1 aromatic heterocycles. The van der Waals surface area contributed by atoms with Crippen LogP contribution in [0.1, 0.15) is 37.2 Å². The fourth-order valence-corrected chi connectivity index (χ4v) is 2.26. The predicted molar refractivity (Wildman–Crippen MR) is 79.1 cm³/mol. The summed E-state index contributed by atoms with van der Waals surface area (Å²) in [4.78, 5) is 23.8. The molecule has 0 saturated carbocycles. The molecule has 0 bridgehead atoms. The van der Waals surface area contributed by atoms with E-state index in [-0.39, 0.29) is 19.0 Å². The van der Waals surface area contributed by atoms with Crippen molar-refractivity contribution in [1.29, 1.82) is 0 Å². The smallest absolute Gasteiger partial charge is 0.317 e. The van der Waals surface area contributed by atoms with E-state index in [0.29, 0.717) is 6.54 Å². The largest absolute Gasteiger partial charge is 0.481 e. The molecule has 1 rings (SSSR count). The average molecular weight is 296 g/mol. The van der Waals surface area contributed by atoms with Crippen molar-refractivity contribution in [2.75, 3.05) is 13.6 Å². The molecule has 2 N–H and O–H groups in total. The number of hydrogen-bond donors (Lipinski definition) is 2. The second kappa shape index (κ2) is 7.66. The van der Waals surface area contributed by atoms with Gasteiger partial charge >= 0.3 is 12.0 Å². The molecule has 0 aliphatic carbocycles. The van der Waals surface area contributed by atoms with E-state index in [0.717, 1.165) is 29.8 Å². The van der Waals surface area contributed by atoms with Gasteiger partial charge < -0.3 is 15.3 Å². The van der Waals surface area contributed by atoms with Crippen LogP contribution in [-0.2, 0) is 31.2 Å². The SMILES string of the molecule is CCc1nn(C)c(CC)c1CNC(=O)N(C)CCC(=O)O. The fraction of sp³-hybridized carbons (Fsp3) is 0.643. The van der Waals surface area contributed by atoms with Crippen molar-refractivity contribution >= 4 is 12.0 Å². The quantitative estimate of drug-likeness (QED) is 0.790. The van der Waals surface area contributed by atoms with Crippen LogP contribution in [0.3, 0.4) is 0 Å². The molecular formula is C14H24N4O3. The maximum absolute atomic E-state index is 11.9. The highest BCUT2D eigenvalue weighted by atomic mass is 16.4. The van der Waals surface area contributed by atoms with E-state index in [9.17, 15) is 9.59 Å². The molecule has 0 spiro atoms. The topological polar surface area (TPSA) is 87.5 Å². The lowest BCUT2D eigenvalue weighted by Gasteiger charge is -2.17. The first kappa shape index (κ1) is 17.0. The van der Waals surface area contributed by atoms with Crippen LogP contribution in [0.25, 0.3) is 0 Å². The van der Waals surface area contributed by atoms with E-state index in [4.69, 9.17) is 5.11 Å². The number of aryl methyl sites for hydroxylation is 2. The van der Waals surface area contributed by atoms with Gasteiger partial charge in [0, 0.05) is 38.4 Å². The molecule has 7 nitrogen and oxygen atoms in total. The second-order valence-corrected chi connectivity index (χ2v) is 4.93. The minimum atomic E-state index is -0.913. The minimum Gasteiger partial charge on any atom is -0.481 e. The van der Waals surface area contributed by atoms with Gasteiger partial charge in [-0.25, -0.2) is 4.79 Å². The highest BCUT2D eigenvalue weighted by Crippen LogP contribution is 2.15. The molecule has 0 fully saturated rings. The molecule has 0 atom stereocenters. The standard InChI is InChI=1S/C14H24N4O3/c1-5-11-10(12(6-2)18(4)16-11)9-15-14(21)17(3)8-7-13(19)20/h5-9H2,1-4H3,(H,15,21)(H,19,20). The summed E-state index contributed by atoms with van der Waals surface area (Å²) < 4.78 is 1.86. The van der Waals surface area contributed by atoms with Crippen LogP contribution in [0.15, 0.2) is 0 Å². The molecular weight excluding hydrogens is 272 g/mol. The van der Waals surface area contributed by atoms with E-state index in [1.807, 2.05) is 18.7 Å². The van der Waals surface area contributed by atoms with Crippen LogP contribution in [0.2, 0.25) is 0 Å². The van der Waals surface area contributed by atoms with Gasteiger partial charge in [-0.2, -0.15) is 5.10 Å². The van der Waals surface area contributed by atoms with Crippen LogP contribution in [0.5, 0.6) is 0 Å². The van der Waals surface area contributed by atoms with Crippen molar-refractivity contribution in [2.45, 2.75) is 39.7 Å². The average Bonchev–Trinajstić information content (AvgIpc) is 2.76. The number of nitrogens with zero attached hydrogens (tertiary/aromatic N) is 3. The molecule has 21 heavy (non-hydrogen) atoms. The summed E-state index contributed by atoms with van der Waals surface area (Å²) >= 11 is 0. The van der Waals surface area contributed by atoms with Crippen molar-refractivity contribution in [3.05, 3.63) is 17.0 Å². The molecule has 7 heteroatoms. The summed E-state index contributed by atoms with van der Waals surface area (Å²) in [5, 5.41) is 15.9. The lowest BCUT2D eigenvalue weighted by Crippen LogP contribution is -2.38. The molecule has 1 heterocycles. The van der Waals surface area contributed by atoms with E-state index in [1.165, 1.54) is 4.90 Å². The van der Waals surface area contributed by atoms with E-state index < -0.39 is 5.97 Å². The fourth-order valence-electron chi connectivity index (χ4n) is 2.26. The molecule has 0 radical (unpaired) electrons. The number of hydrogen-bond acceptors (Lipinski definition) is 3. The summed E-state index contributed by atoms with van der Waals surface area (Å²) in [6.07, 6.45) is 1.61. The van der Waals surface area contributed by atoms with Crippen molar-refractivity contribution in [3.8, 4) is 0 Å². The van der Waals surface area contributed by atoms with Gasteiger partial charge in [-0.1, -0.05) is 13.8 Å². The van der Waals surface area contributed by atoms with Gasteiger partial charge in [-0.15, -0.1) is 0 Å². The van der Waals surface area contributed by atoms with Crippen LogP contribution < -0.4 is 5.32 Å². The first-order chi connectivity index (χ1) is 9.90. The molecule has 118 valence electrons. The number of carboxylic acid groups (broad SMARTS) is 1.